The Morgan fingerprint density at radius 2 is 2.12 bits per heavy atom. The summed E-state index contributed by atoms with van der Waals surface area (Å²) in [6.07, 6.45) is 3.96. The molecule has 5 nitrogen and oxygen atoms in total. The first-order valence-electron chi connectivity index (χ1n) is 8.07. The average Bonchev–Trinajstić information content (AvgIpc) is 2.63. The second-order valence-electron chi connectivity index (χ2n) is 5.78. The van der Waals surface area contributed by atoms with Crippen LogP contribution in [0.3, 0.4) is 0 Å². The summed E-state index contributed by atoms with van der Waals surface area (Å²) >= 11 is 0. The molecule has 1 aromatic carbocycles. The zero-order valence-corrected chi connectivity index (χ0v) is 13.7. The Hall–Kier alpha value is -2.55. The van der Waals surface area contributed by atoms with Crippen molar-refractivity contribution in [1.29, 1.82) is 0 Å². The van der Waals surface area contributed by atoms with Gasteiger partial charge in [-0.3, -0.25) is 0 Å². The molecule has 1 fully saturated rings. The number of carbonyl (C=O) groups is 1. The van der Waals surface area contributed by atoms with Crippen molar-refractivity contribution in [1.82, 2.24) is 10.6 Å². The minimum absolute atomic E-state index is 0.0787. The predicted molar refractivity (Wildman–Crippen MR) is 93.9 cm³/mol. The highest BCUT2D eigenvalue weighted by Crippen LogP contribution is 2.20. The van der Waals surface area contributed by atoms with Crippen LogP contribution in [-0.4, -0.2) is 32.3 Å². The van der Waals surface area contributed by atoms with Crippen molar-refractivity contribution in [3.05, 3.63) is 64.6 Å². The van der Waals surface area contributed by atoms with Crippen molar-refractivity contribution < 1.29 is 9.53 Å². The highest BCUT2D eigenvalue weighted by molar-refractivity contribution is 5.89. The van der Waals surface area contributed by atoms with E-state index in [9.17, 15) is 4.79 Å². The van der Waals surface area contributed by atoms with Gasteiger partial charge < -0.3 is 20.7 Å². The van der Waals surface area contributed by atoms with Gasteiger partial charge in [0.25, 0.3) is 0 Å². The maximum Gasteiger partial charge on any atom is 0.319 e. The molecule has 3 rings (SSSR count). The molecule has 124 valence electrons. The Kier molecular flexibility index (Phi) is 5.32. The average molecular weight is 323 g/mol. The molecule has 2 aliphatic rings. The van der Waals surface area contributed by atoms with E-state index in [0.717, 1.165) is 42.1 Å². The normalized spacial score (nSPS) is 19.5. The van der Waals surface area contributed by atoms with Crippen LogP contribution in [0.5, 0.6) is 0 Å². The molecule has 0 spiro atoms. The summed E-state index contributed by atoms with van der Waals surface area (Å²) in [6.45, 7) is 4.81. The molecule has 0 radical (unpaired) electrons. The zero-order valence-electron chi connectivity index (χ0n) is 13.7. The Balaban J connectivity index is 1.51. The van der Waals surface area contributed by atoms with E-state index in [1.54, 1.807) is 0 Å². The van der Waals surface area contributed by atoms with Gasteiger partial charge in [-0.2, -0.15) is 0 Å². The highest BCUT2D eigenvalue weighted by atomic mass is 16.5. The standard InChI is InChI=1S/C19H21N3O2/c1-14-2-4-15(5-3-14)12-21-19(23)22-17-8-6-16(7-9-17)18-13-20-10-11-24-18/h2,4,6-9,18,20H,10-13H2,1H3,(H2,21,22,23). The van der Waals surface area contributed by atoms with Crippen LogP contribution < -0.4 is 16.0 Å². The molecule has 1 aliphatic carbocycles. The first kappa shape index (κ1) is 16.3. The summed E-state index contributed by atoms with van der Waals surface area (Å²) in [4.78, 5) is 12.0. The van der Waals surface area contributed by atoms with Gasteiger partial charge >= 0.3 is 6.03 Å². The fourth-order valence-corrected chi connectivity index (χ4v) is 2.50. The van der Waals surface area contributed by atoms with E-state index in [4.69, 9.17) is 4.74 Å². The van der Waals surface area contributed by atoms with E-state index >= 15 is 0 Å². The Morgan fingerprint density at radius 1 is 1.29 bits per heavy atom. The highest BCUT2D eigenvalue weighted by Gasteiger charge is 2.15. The molecule has 24 heavy (non-hydrogen) atoms. The number of allylic oxidation sites excluding steroid dienone is 2. The molecule has 2 amide bonds. The number of hydrogen-bond donors (Lipinski definition) is 3. The van der Waals surface area contributed by atoms with E-state index in [-0.39, 0.29) is 12.1 Å². The smallest absolute Gasteiger partial charge is 0.319 e. The van der Waals surface area contributed by atoms with Crippen LogP contribution in [0.15, 0.2) is 59.0 Å². The molecule has 1 heterocycles. The van der Waals surface area contributed by atoms with E-state index in [0.29, 0.717) is 6.54 Å². The summed E-state index contributed by atoms with van der Waals surface area (Å²) in [7, 11) is 0. The number of nitrogens with one attached hydrogen (secondary N) is 3. The van der Waals surface area contributed by atoms with E-state index in [1.165, 1.54) is 0 Å². The lowest BCUT2D eigenvalue weighted by molar-refractivity contribution is 0.0277. The Bertz CT molecular complexity index is 730. The maximum atomic E-state index is 12.0. The summed E-state index contributed by atoms with van der Waals surface area (Å²) in [6, 6.07) is 7.50. The third-order valence-corrected chi connectivity index (χ3v) is 3.86. The van der Waals surface area contributed by atoms with Crippen molar-refractivity contribution in [2.24, 2.45) is 0 Å². The van der Waals surface area contributed by atoms with Crippen molar-refractivity contribution in [2.75, 3.05) is 31.6 Å². The predicted octanol–water partition coefficient (Wildman–Crippen LogP) is 2.67. The van der Waals surface area contributed by atoms with Crippen molar-refractivity contribution in [2.45, 2.75) is 13.0 Å². The van der Waals surface area contributed by atoms with Crippen LogP contribution in [0.2, 0.25) is 0 Å². The summed E-state index contributed by atoms with van der Waals surface area (Å²) in [5, 5.41) is 8.94. The number of urea groups is 1. The summed E-state index contributed by atoms with van der Waals surface area (Å²) in [5.74, 6) is 0. The van der Waals surface area contributed by atoms with Crippen molar-refractivity contribution in [3.63, 3.8) is 0 Å². The van der Waals surface area contributed by atoms with Crippen molar-refractivity contribution >= 4 is 11.7 Å². The molecule has 0 bridgehead atoms. The number of carbonyl (C=O) groups excluding carboxylic acids is 1. The molecule has 1 unspecified atom stereocenters. The van der Waals surface area contributed by atoms with Gasteiger partial charge in [0.2, 0.25) is 0 Å². The van der Waals surface area contributed by atoms with Gasteiger partial charge in [0, 0.05) is 24.4 Å². The third-order valence-electron chi connectivity index (χ3n) is 3.86. The molecule has 5 heteroatoms. The quantitative estimate of drug-likeness (QED) is 0.747. The van der Waals surface area contributed by atoms with Crippen LogP contribution >= 0.6 is 0 Å². The molecule has 1 aromatic rings. The Morgan fingerprint density at radius 3 is 2.79 bits per heavy atom. The van der Waals surface area contributed by atoms with Gasteiger partial charge in [-0.05, 0) is 42.3 Å². The molecule has 1 atom stereocenters. The largest absolute Gasteiger partial charge is 0.371 e. The van der Waals surface area contributed by atoms with Crippen LogP contribution in [0.25, 0.3) is 0 Å². The van der Waals surface area contributed by atoms with Gasteiger partial charge in [0.1, 0.15) is 0 Å². The van der Waals surface area contributed by atoms with Crippen LogP contribution in [-0.2, 0) is 4.74 Å². The molecule has 0 aromatic heterocycles. The molecular weight excluding hydrogens is 302 g/mol. The Labute approximate surface area is 141 Å². The van der Waals surface area contributed by atoms with Gasteiger partial charge in [-0.15, -0.1) is 0 Å². The number of anilines is 1. The number of amides is 2. The third kappa shape index (κ3) is 4.48. The summed E-state index contributed by atoms with van der Waals surface area (Å²) < 4.78 is 5.71. The topological polar surface area (TPSA) is 62.4 Å². The first-order chi connectivity index (χ1) is 11.7. The van der Waals surface area contributed by atoms with Crippen molar-refractivity contribution in [3.8, 4) is 0 Å². The second-order valence-corrected chi connectivity index (χ2v) is 5.78. The maximum absolute atomic E-state index is 12.0. The van der Waals surface area contributed by atoms with E-state index < -0.39 is 0 Å². The number of ether oxygens (including phenoxy) is 1. The van der Waals surface area contributed by atoms with Gasteiger partial charge in [-0.1, -0.05) is 23.6 Å². The van der Waals surface area contributed by atoms with Crippen LogP contribution in [0.1, 0.15) is 18.6 Å². The first-order valence-corrected chi connectivity index (χ1v) is 8.07. The molecule has 1 aliphatic heterocycles. The molecule has 0 saturated carbocycles. The zero-order chi connectivity index (χ0) is 16.8. The molecular formula is C19H21N3O2. The number of rotatable bonds is 4. The number of benzene rings is 1. The lowest BCUT2D eigenvalue weighted by Crippen LogP contribution is -2.33. The monoisotopic (exact) mass is 323 g/mol. The van der Waals surface area contributed by atoms with Gasteiger partial charge in [0.05, 0.1) is 19.3 Å². The minimum atomic E-state index is -0.243. The SMILES string of the molecule is CC1=C=C=C(CNC(=O)Nc2ccc(C3CNCCO3)cc2)C=C1. The van der Waals surface area contributed by atoms with Crippen LogP contribution in [0.4, 0.5) is 10.5 Å². The number of hydrogen-bond acceptors (Lipinski definition) is 3. The van der Waals surface area contributed by atoms with Gasteiger partial charge in [0.15, 0.2) is 0 Å². The van der Waals surface area contributed by atoms with E-state index in [2.05, 4.69) is 27.4 Å². The second kappa shape index (κ2) is 7.82. The lowest BCUT2D eigenvalue weighted by atomic mass is 10.1. The van der Waals surface area contributed by atoms with E-state index in [1.807, 2.05) is 43.3 Å². The molecule has 1 saturated heterocycles. The summed E-state index contributed by atoms with van der Waals surface area (Å²) in [5.41, 5.74) is 9.79. The van der Waals surface area contributed by atoms with Crippen LogP contribution in [0, 0.1) is 0 Å². The minimum Gasteiger partial charge on any atom is -0.371 e. The molecule has 3 N–H and O–H groups in total. The lowest BCUT2D eigenvalue weighted by Gasteiger charge is -2.24. The number of morpholine rings is 1. The fourth-order valence-electron chi connectivity index (χ4n) is 2.50. The van der Waals surface area contributed by atoms with Gasteiger partial charge in [-0.25, -0.2) is 4.79 Å². The fraction of sp³-hybridized carbons (Fsp3) is 0.316.